The molecule has 1 aliphatic rings. The van der Waals surface area contributed by atoms with Crippen LogP contribution in [0.5, 0.6) is 17.4 Å². The highest BCUT2D eigenvalue weighted by Gasteiger charge is 2.21. The number of anilines is 1. The molecule has 154 valence electrons. The molecule has 0 bridgehead atoms. The molecule has 7 nitrogen and oxygen atoms in total. The van der Waals surface area contributed by atoms with E-state index in [0.717, 1.165) is 24.2 Å². The number of carbonyl (C=O) groups is 1. The molecule has 1 amide bonds. The van der Waals surface area contributed by atoms with Gasteiger partial charge in [0.2, 0.25) is 11.8 Å². The molecule has 2 aromatic carbocycles. The van der Waals surface area contributed by atoms with Gasteiger partial charge in [-0.2, -0.15) is 0 Å². The molecule has 0 saturated carbocycles. The van der Waals surface area contributed by atoms with E-state index in [-0.39, 0.29) is 6.10 Å². The van der Waals surface area contributed by atoms with Gasteiger partial charge in [0.15, 0.2) is 0 Å². The van der Waals surface area contributed by atoms with Crippen LogP contribution in [0.15, 0.2) is 66.9 Å². The van der Waals surface area contributed by atoms with Crippen LogP contribution in [-0.2, 0) is 11.2 Å². The van der Waals surface area contributed by atoms with E-state index >= 15 is 0 Å². The smallest absolute Gasteiger partial charge is 0.243 e. The maximum atomic E-state index is 11.7. The number of hydrogen-bond donors (Lipinski definition) is 3. The van der Waals surface area contributed by atoms with Crippen LogP contribution in [0, 0.1) is 0 Å². The molecule has 3 aromatic rings. The van der Waals surface area contributed by atoms with Crippen LogP contribution in [0.1, 0.15) is 23.7 Å². The lowest BCUT2D eigenvalue weighted by molar-refractivity contribution is -0.118. The minimum atomic E-state index is -0.972. The van der Waals surface area contributed by atoms with Crippen molar-refractivity contribution in [1.29, 1.82) is 0 Å². The Labute approximate surface area is 174 Å². The summed E-state index contributed by atoms with van der Waals surface area (Å²) in [6.45, 7) is -0.422. The highest BCUT2D eigenvalue weighted by molar-refractivity contribution is 5.94. The van der Waals surface area contributed by atoms with Gasteiger partial charge in [-0.3, -0.25) is 4.79 Å². The second-order valence-corrected chi connectivity index (χ2v) is 7.09. The fourth-order valence-electron chi connectivity index (χ4n) is 3.28. The standard InChI is InChI=1S/C23H23N3O4/c24-19(14-27)23(28)26-17-7-11-22(25-13-17)29-18-8-10-21-16(12-18)6-9-20(30-21)15-4-2-1-3-5-15/h1-5,7-8,10-13,19-20,27H,6,9,14,24H2,(H,26,28)/t19?,20-/m0/s1. The van der Waals surface area contributed by atoms with Crippen LogP contribution in [0.2, 0.25) is 0 Å². The number of hydrogen-bond acceptors (Lipinski definition) is 6. The van der Waals surface area contributed by atoms with Crippen molar-refractivity contribution in [1.82, 2.24) is 4.98 Å². The first kappa shape index (κ1) is 19.9. The molecule has 30 heavy (non-hydrogen) atoms. The van der Waals surface area contributed by atoms with Gasteiger partial charge in [-0.15, -0.1) is 0 Å². The van der Waals surface area contributed by atoms with Crippen LogP contribution in [-0.4, -0.2) is 28.6 Å². The average molecular weight is 405 g/mol. The summed E-state index contributed by atoms with van der Waals surface area (Å²) < 4.78 is 12.0. The number of fused-ring (bicyclic) bond motifs is 1. The summed E-state index contributed by atoms with van der Waals surface area (Å²) in [7, 11) is 0. The molecule has 1 unspecified atom stereocenters. The third-order valence-electron chi connectivity index (χ3n) is 4.91. The molecule has 0 spiro atoms. The molecule has 1 aromatic heterocycles. The summed E-state index contributed by atoms with van der Waals surface area (Å²) in [6, 6.07) is 18.3. The second-order valence-electron chi connectivity index (χ2n) is 7.09. The van der Waals surface area contributed by atoms with E-state index in [0.29, 0.717) is 17.3 Å². The van der Waals surface area contributed by atoms with Gasteiger partial charge in [0.25, 0.3) is 0 Å². The predicted octanol–water partition coefficient (Wildman–Crippen LogP) is 3.20. The maximum absolute atomic E-state index is 11.7. The molecule has 0 aliphatic carbocycles. The number of aliphatic hydroxyl groups excluding tert-OH is 1. The van der Waals surface area contributed by atoms with E-state index in [9.17, 15) is 4.79 Å². The van der Waals surface area contributed by atoms with E-state index < -0.39 is 18.6 Å². The van der Waals surface area contributed by atoms with Crippen molar-refractivity contribution in [2.24, 2.45) is 5.73 Å². The highest BCUT2D eigenvalue weighted by Crippen LogP contribution is 2.37. The Bertz CT molecular complexity index is 1010. The van der Waals surface area contributed by atoms with Crippen molar-refractivity contribution in [2.75, 3.05) is 11.9 Å². The monoisotopic (exact) mass is 405 g/mol. The van der Waals surface area contributed by atoms with Crippen molar-refractivity contribution >= 4 is 11.6 Å². The Morgan fingerprint density at radius 1 is 1.23 bits per heavy atom. The van der Waals surface area contributed by atoms with Crippen molar-refractivity contribution in [3.63, 3.8) is 0 Å². The first-order valence-electron chi connectivity index (χ1n) is 9.78. The number of aromatic nitrogens is 1. The van der Waals surface area contributed by atoms with E-state index in [1.807, 2.05) is 36.4 Å². The van der Waals surface area contributed by atoms with E-state index in [1.54, 1.807) is 12.1 Å². The van der Waals surface area contributed by atoms with Crippen molar-refractivity contribution < 1.29 is 19.4 Å². The molecular weight excluding hydrogens is 382 g/mol. The number of benzene rings is 2. The lowest BCUT2D eigenvalue weighted by atomic mass is 9.97. The van der Waals surface area contributed by atoms with Crippen molar-refractivity contribution in [2.45, 2.75) is 25.0 Å². The number of nitrogens with two attached hydrogens (primary N) is 1. The Morgan fingerprint density at radius 3 is 2.80 bits per heavy atom. The lowest BCUT2D eigenvalue weighted by Gasteiger charge is -2.26. The molecule has 2 atom stereocenters. The van der Waals surface area contributed by atoms with Gasteiger partial charge < -0.3 is 25.6 Å². The zero-order chi connectivity index (χ0) is 20.9. The van der Waals surface area contributed by atoms with E-state index in [2.05, 4.69) is 22.4 Å². The second kappa shape index (κ2) is 8.94. The number of aliphatic hydroxyl groups is 1. The minimum absolute atomic E-state index is 0.0637. The number of nitrogens with zero attached hydrogens (tertiary/aromatic N) is 1. The SMILES string of the molecule is NC(CO)C(=O)Nc1ccc(Oc2ccc3c(c2)CC[C@@H](c2ccccc2)O3)nc1. The zero-order valence-electron chi connectivity index (χ0n) is 16.3. The van der Waals surface area contributed by atoms with Gasteiger partial charge in [-0.1, -0.05) is 30.3 Å². The molecule has 4 N–H and O–H groups in total. The largest absolute Gasteiger partial charge is 0.485 e. The fourth-order valence-corrected chi connectivity index (χ4v) is 3.28. The lowest BCUT2D eigenvalue weighted by Crippen LogP contribution is -2.38. The Morgan fingerprint density at radius 2 is 2.07 bits per heavy atom. The zero-order valence-corrected chi connectivity index (χ0v) is 16.3. The molecule has 7 heteroatoms. The molecule has 2 heterocycles. The van der Waals surface area contributed by atoms with Gasteiger partial charge >= 0.3 is 0 Å². The van der Waals surface area contributed by atoms with Crippen LogP contribution in [0.25, 0.3) is 0 Å². The highest BCUT2D eigenvalue weighted by atomic mass is 16.5. The third kappa shape index (κ3) is 4.59. The van der Waals surface area contributed by atoms with Crippen LogP contribution < -0.4 is 20.5 Å². The topological polar surface area (TPSA) is 107 Å². The van der Waals surface area contributed by atoms with Gasteiger partial charge in [0.05, 0.1) is 18.5 Å². The average Bonchev–Trinajstić information content (AvgIpc) is 2.80. The van der Waals surface area contributed by atoms with Crippen LogP contribution in [0.4, 0.5) is 5.69 Å². The number of nitrogens with one attached hydrogen (secondary N) is 1. The fraction of sp³-hybridized carbons (Fsp3) is 0.217. The normalized spacial score (nSPS) is 16.1. The van der Waals surface area contributed by atoms with Gasteiger partial charge in [0, 0.05) is 6.07 Å². The van der Waals surface area contributed by atoms with Crippen molar-refractivity contribution in [3.05, 3.63) is 78.0 Å². The number of ether oxygens (including phenoxy) is 2. The summed E-state index contributed by atoms with van der Waals surface area (Å²) in [5, 5.41) is 11.5. The third-order valence-corrected chi connectivity index (χ3v) is 4.91. The van der Waals surface area contributed by atoms with Crippen LogP contribution in [0.3, 0.4) is 0 Å². The van der Waals surface area contributed by atoms with Crippen LogP contribution >= 0.6 is 0 Å². The number of pyridine rings is 1. The quantitative estimate of drug-likeness (QED) is 0.581. The molecule has 0 radical (unpaired) electrons. The first-order chi connectivity index (χ1) is 14.6. The Hall–Kier alpha value is -3.42. The summed E-state index contributed by atoms with van der Waals surface area (Å²) in [6.07, 6.45) is 3.34. The number of amides is 1. The van der Waals surface area contributed by atoms with Gasteiger partial charge in [0.1, 0.15) is 23.6 Å². The molecule has 0 fully saturated rings. The number of carbonyl (C=O) groups excluding carboxylic acids is 1. The summed E-state index contributed by atoms with van der Waals surface area (Å²) in [5.41, 5.74) is 8.23. The number of rotatable bonds is 6. The maximum Gasteiger partial charge on any atom is 0.243 e. The van der Waals surface area contributed by atoms with Gasteiger partial charge in [-0.25, -0.2) is 4.98 Å². The van der Waals surface area contributed by atoms with Gasteiger partial charge in [-0.05, 0) is 48.2 Å². The van der Waals surface area contributed by atoms with E-state index in [4.69, 9.17) is 20.3 Å². The predicted molar refractivity (Wildman–Crippen MR) is 113 cm³/mol. The van der Waals surface area contributed by atoms with E-state index in [1.165, 1.54) is 11.8 Å². The summed E-state index contributed by atoms with van der Waals surface area (Å²) >= 11 is 0. The molecule has 1 aliphatic heterocycles. The summed E-state index contributed by atoms with van der Waals surface area (Å²) in [5.74, 6) is 1.46. The van der Waals surface area contributed by atoms with Crippen molar-refractivity contribution in [3.8, 4) is 17.4 Å². The molecule has 0 saturated heterocycles. The minimum Gasteiger partial charge on any atom is -0.485 e. The molecule has 4 rings (SSSR count). The Kier molecular flexibility index (Phi) is 5.92. The Balaban J connectivity index is 1.40. The molecular formula is C23H23N3O4. The summed E-state index contributed by atoms with van der Waals surface area (Å²) in [4.78, 5) is 15.9. The number of aryl methyl sites for hydroxylation is 1. The first-order valence-corrected chi connectivity index (χ1v) is 9.78.